The molecular formula is C19H32N9O4+. The first kappa shape index (κ1) is 24.6. The highest BCUT2D eigenvalue weighted by Crippen LogP contribution is 2.16. The summed E-state index contributed by atoms with van der Waals surface area (Å²) in [4.78, 5) is 40.7. The summed E-state index contributed by atoms with van der Waals surface area (Å²) >= 11 is 0. The monoisotopic (exact) mass is 450 g/mol. The first-order valence-electron chi connectivity index (χ1n) is 10.4. The number of imidazole rings is 1. The number of guanidine groups is 1. The fraction of sp³-hybridized carbons (Fsp3) is 0.579. The number of aromatic amines is 1. The van der Waals surface area contributed by atoms with E-state index in [-0.39, 0.29) is 19.0 Å². The van der Waals surface area contributed by atoms with Gasteiger partial charge in [0.1, 0.15) is 6.04 Å². The number of rotatable bonds is 13. The minimum Gasteiger partial charge on any atom is -0.480 e. The zero-order valence-electron chi connectivity index (χ0n) is 18.5. The lowest BCUT2D eigenvalue weighted by atomic mass is 10.1. The predicted molar refractivity (Wildman–Crippen MR) is 118 cm³/mol. The Bertz CT molecular complexity index is 925. The number of carbonyl (C=O) groups is 2. The van der Waals surface area contributed by atoms with Gasteiger partial charge in [-0.25, -0.2) is 14.2 Å². The molecule has 0 saturated carbocycles. The van der Waals surface area contributed by atoms with Gasteiger partial charge in [-0.3, -0.25) is 9.98 Å². The number of nitrogens with two attached hydrogens (primary N) is 2. The van der Waals surface area contributed by atoms with Crippen molar-refractivity contribution in [2.45, 2.75) is 44.7 Å². The van der Waals surface area contributed by atoms with Crippen LogP contribution in [0.5, 0.6) is 0 Å². The average Bonchev–Trinajstić information content (AvgIpc) is 3.15. The van der Waals surface area contributed by atoms with Crippen LogP contribution in [-0.2, 0) is 16.1 Å². The van der Waals surface area contributed by atoms with E-state index in [1.54, 1.807) is 6.33 Å². The number of nitrogens with one attached hydrogen (secondary N) is 2. The summed E-state index contributed by atoms with van der Waals surface area (Å²) in [6, 6.07) is -1.05. The molecule has 0 aliphatic carbocycles. The molecule has 176 valence electrons. The molecule has 0 aromatic carbocycles. The molecule has 0 fully saturated rings. The molecule has 0 bridgehead atoms. The summed E-state index contributed by atoms with van der Waals surface area (Å²) in [6.07, 6.45) is 5.64. The Hall–Kier alpha value is -3.64. The summed E-state index contributed by atoms with van der Waals surface area (Å²) in [5.41, 5.74) is 12.1. The largest absolute Gasteiger partial charge is 0.480 e. The highest BCUT2D eigenvalue weighted by molar-refractivity contribution is 5.80. The molecule has 0 aliphatic rings. The van der Waals surface area contributed by atoms with Gasteiger partial charge in [-0.1, -0.05) is 4.98 Å². The van der Waals surface area contributed by atoms with Crippen LogP contribution in [0, 0.1) is 0 Å². The lowest BCUT2D eigenvalue weighted by molar-refractivity contribution is -0.673. The third-order valence-corrected chi connectivity index (χ3v) is 4.68. The second-order valence-corrected chi connectivity index (χ2v) is 7.44. The number of fused-ring (bicyclic) bond motifs is 1. The zero-order valence-corrected chi connectivity index (χ0v) is 18.5. The van der Waals surface area contributed by atoms with Crippen molar-refractivity contribution in [2.75, 3.05) is 32.1 Å². The summed E-state index contributed by atoms with van der Waals surface area (Å²) in [5, 5.41) is 11.6. The van der Waals surface area contributed by atoms with Crippen molar-refractivity contribution < 1.29 is 24.0 Å². The van der Waals surface area contributed by atoms with Crippen molar-refractivity contribution in [3.63, 3.8) is 0 Å². The third-order valence-electron chi connectivity index (χ3n) is 4.68. The van der Waals surface area contributed by atoms with E-state index in [1.807, 2.05) is 29.9 Å². The second-order valence-electron chi connectivity index (χ2n) is 7.44. The van der Waals surface area contributed by atoms with Crippen molar-refractivity contribution in [1.29, 1.82) is 0 Å². The van der Waals surface area contributed by atoms with Crippen molar-refractivity contribution in [1.82, 2.24) is 20.3 Å². The molecular weight excluding hydrogens is 418 g/mol. The van der Waals surface area contributed by atoms with Crippen molar-refractivity contribution in [3.8, 4) is 0 Å². The van der Waals surface area contributed by atoms with Gasteiger partial charge in [-0.05, 0) is 32.1 Å². The molecule has 1 atom stereocenters. The van der Waals surface area contributed by atoms with Crippen molar-refractivity contribution >= 4 is 35.0 Å². The number of aromatic nitrogens is 4. The number of amides is 1. The van der Waals surface area contributed by atoms with Crippen LogP contribution in [0.2, 0.25) is 0 Å². The molecule has 13 heteroatoms. The van der Waals surface area contributed by atoms with Crippen LogP contribution in [-0.4, -0.2) is 71.4 Å². The SMILES string of the molecule is CN(C)c1ncnc2c1[nH]c[n+]2CCCCCOC(=O)N[C@@H](CCCN=C(N)N)C(=O)O. The lowest BCUT2D eigenvalue weighted by Gasteiger charge is -2.14. The molecule has 7 N–H and O–H groups in total. The Morgan fingerprint density at radius 1 is 1.28 bits per heavy atom. The molecule has 2 aromatic rings. The Morgan fingerprint density at radius 2 is 2.06 bits per heavy atom. The number of aliphatic carboxylic acids is 1. The maximum Gasteiger partial charge on any atom is 0.407 e. The zero-order chi connectivity index (χ0) is 23.5. The van der Waals surface area contributed by atoms with E-state index in [4.69, 9.17) is 16.2 Å². The van der Waals surface area contributed by atoms with E-state index in [9.17, 15) is 14.7 Å². The van der Waals surface area contributed by atoms with Crippen molar-refractivity contribution in [3.05, 3.63) is 12.7 Å². The molecule has 0 saturated heterocycles. The smallest absolute Gasteiger partial charge is 0.407 e. The molecule has 0 aliphatic heterocycles. The highest BCUT2D eigenvalue weighted by Gasteiger charge is 2.20. The molecule has 0 spiro atoms. The number of carboxylic acids is 1. The van der Waals surface area contributed by atoms with Gasteiger partial charge in [0.2, 0.25) is 5.52 Å². The molecule has 13 nitrogen and oxygen atoms in total. The fourth-order valence-corrected chi connectivity index (χ4v) is 3.10. The van der Waals surface area contributed by atoms with Crippen LogP contribution in [0.4, 0.5) is 10.6 Å². The average molecular weight is 451 g/mol. The highest BCUT2D eigenvalue weighted by atomic mass is 16.5. The number of alkyl carbamates (subject to hydrolysis) is 1. The number of carbonyl (C=O) groups excluding carboxylic acids is 1. The van der Waals surface area contributed by atoms with Crippen LogP contribution in [0.1, 0.15) is 32.1 Å². The number of ether oxygens (including phenoxy) is 1. The minimum absolute atomic E-state index is 0.0566. The van der Waals surface area contributed by atoms with E-state index in [2.05, 4.69) is 25.3 Å². The number of nitrogens with zero attached hydrogens (tertiary/aromatic N) is 5. The Balaban J connectivity index is 1.67. The fourth-order valence-electron chi connectivity index (χ4n) is 3.10. The van der Waals surface area contributed by atoms with Crippen LogP contribution in [0.25, 0.3) is 11.2 Å². The van der Waals surface area contributed by atoms with Gasteiger partial charge in [0.15, 0.2) is 24.4 Å². The molecule has 0 radical (unpaired) electrons. The summed E-state index contributed by atoms with van der Waals surface area (Å²) < 4.78 is 7.12. The van der Waals surface area contributed by atoms with Gasteiger partial charge < -0.3 is 31.5 Å². The number of hydrogen-bond donors (Lipinski definition) is 5. The lowest BCUT2D eigenvalue weighted by Crippen LogP contribution is -2.41. The standard InChI is InChI=1S/C19H31N9O4/c1-27(2)15-14-16(24-11-23-15)28(12-25-14)9-4-3-5-10-32-19(31)26-13(17(29)30)7-6-8-22-18(20)21/h11-13H,3-10H2,1-2H3,(H6,20,21,22,26,29,30,31)/p+1/t13-/m0/s1. The predicted octanol–water partition coefficient (Wildman–Crippen LogP) is -0.285. The Kier molecular flexibility index (Phi) is 9.44. The Morgan fingerprint density at radius 3 is 2.75 bits per heavy atom. The quantitative estimate of drug-likeness (QED) is 0.118. The van der Waals surface area contributed by atoms with Gasteiger partial charge in [0.05, 0.1) is 13.2 Å². The van der Waals surface area contributed by atoms with E-state index in [0.717, 1.165) is 36.4 Å². The van der Waals surface area contributed by atoms with Crippen LogP contribution in [0.15, 0.2) is 17.6 Å². The molecule has 2 rings (SSSR count). The van der Waals surface area contributed by atoms with Gasteiger partial charge in [-0.2, -0.15) is 4.98 Å². The maximum absolute atomic E-state index is 11.9. The minimum atomic E-state index is -1.14. The first-order valence-corrected chi connectivity index (χ1v) is 10.4. The van der Waals surface area contributed by atoms with E-state index in [0.29, 0.717) is 19.4 Å². The van der Waals surface area contributed by atoms with E-state index < -0.39 is 18.1 Å². The molecule has 0 unspecified atom stereocenters. The van der Waals surface area contributed by atoms with E-state index in [1.165, 1.54) is 0 Å². The molecule has 32 heavy (non-hydrogen) atoms. The molecule has 2 heterocycles. The number of aryl methyl sites for hydroxylation is 1. The normalized spacial score (nSPS) is 11.7. The number of H-pyrrole nitrogens is 1. The molecule has 2 aromatic heterocycles. The summed E-state index contributed by atoms with van der Waals surface area (Å²) in [6.45, 7) is 1.25. The Labute approximate surface area is 185 Å². The van der Waals surface area contributed by atoms with E-state index >= 15 is 0 Å². The van der Waals surface area contributed by atoms with Crippen molar-refractivity contribution in [2.24, 2.45) is 16.5 Å². The number of hydrogen-bond acceptors (Lipinski definition) is 7. The van der Waals surface area contributed by atoms with Crippen LogP contribution in [0.3, 0.4) is 0 Å². The third kappa shape index (κ3) is 7.56. The van der Waals surface area contributed by atoms with Gasteiger partial charge in [0, 0.05) is 20.6 Å². The number of anilines is 1. The number of carboxylic acid groups (broad SMARTS) is 1. The maximum atomic E-state index is 11.9. The van der Waals surface area contributed by atoms with Gasteiger partial charge >= 0.3 is 17.7 Å². The van der Waals surface area contributed by atoms with Crippen LogP contribution < -0.4 is 26.3 Å². The summed E-state index contributed by atoms with van der Waals surface area (Å²) in [7, 11) is 3.85. The first-order chi connectivity index (χ1) is 15.3. The second kappa shape index (κ2) is 12.3. The summed E-state index contributed by atoms with van der Waals surface area (Å²) in [5.74, 6) is -0.369. The number of unbranched alkanes of at least 4 members (excludes halogenated alkanes) is 2. The molecule has 1 amide bonds. The topological polar surface area (TPSA) is 189 Å². The van der Waals surface area contributed by atoms with Gasteiger partial charge in [-0.15, -0.1) is 0 Å². The van der Waals surface area contributed by atoms with Gasteiger partial charge in [0.25, 0.3) is 0 Å². The number of aliphatic imine (C=N–C) groups is 1. The van der Waals surface area contributed by atoms with Crippen LogP contribution >= 0.6 is 0 Å².